The number of hydrogen-bond donors (Lipinski definition) is 0. The van der Waals surface area contributed by atoms with E-state index in [4.69, 9.17) is 29.9 Å². The second kappa shape index (κ2) is 26.0. The summed E-state index contributed by atoms with van der Waals surface area (Å²) in [5.41, 5.74) is 14.2. The second-order valence-corrected chi connectivity index (χ2v) is 26.5. The molecule has 0 radical (unpaired) electrons. The molecule has 0 fully saturated rings. The highest BCUT2D eigenvalue weighted by molar-refractivity contribution is 7.19. The minimum Gasteiger partial charge on any atom is -0.310 e. The summed E-state index contributed by atoms with van der Waals surface area (Å²) in [5, 5.41) is 5.17. The highest BCUT2D eigenvalue weighted by atomic mass is 28.3. The Morgan fingerprint density at radius 3 is 0.774 bits per heavy atom. The summed E-state index contributed by atoms with van der Waals surface area (Å²) >= 11 is 0. The molecule has 440 valence electrons. The lowest BCUT2D eigenvalue weighted by atomic mass is 10.0. The van der Waals surface area contributed by atoms with Crippen molar-refractivity contribution in [3.05, 3.63) is 364 Å². The molecule has 8 nitrogen and oxygen atoms in total. The zero-order valence-corrected chi connectivity index (χ0v) is 51.7. The lowest BCUT2D eigenvalue weighted by molar-refractivity contribution is 0.964. The Kier molecular flexibility index (Phi) is 16.0. The molecule has 0 aliphatic rings. The van der Waals surface area contributed by atoms with Gasteiger partial charge in [-0.05, 0) is 103 Å². The zero-order valence-electron chi connectivity index (χ0n) is 50.7. The monoisotopic (exact) mass is 1210 g/mol. The van der Waals surface area contributed by atoms with Gasteiger partial charge in [-0.2, -0.15) is 19.9 Å². The number of aromatic nitrogens is 6. The van der Waals surface area contributed by atoms with Crippen LogP contribution in [0.25, 0.3) is 78.9 Å². The van der Waals surface area contributed by atoms with Gasteiger partial charge in [0.15, 0.2) is 31.4 Å². The first-order valence-corrected chi connectivity index (χ1v) is 33.2. The maximum Gasteiger partial charge on any atom is 0.241 e. The molecular formula is C84H60N8Si. The largest absolute Gasteiger partial charge is 0.310 e. The highest BCUT2D eigenvalue weighted by Crippen LogP contribution is 2.39. The van der Waals surface area contributed by atoms with Crippen LogP contribution in [0.4, 0.5) is 34.6 Å². The molecule has 0 unspecified atom stereocenters. The predicted molar refractivity (Wildman–Crippen MR) is 384 cm³/mol. The van der Waals surface area contributed by atoms with Crippen molar-refractivity contribution in [3.8, 4) is 78.9 Å². The van der Waals surface area contributed by atoms with Crippen molar-refractivity contribution >= 4 is 63.5 Å². The number of nitrogens with zero attached hydrogens (tertiary/aromatic N) is 8. The van der Waals surface area contributed by atoms with Crippen LogP contribution in [0.15, 0.2) is 364 Å². The van der Waals surface area contributed by atoms with Gasteiger partial charge in [-0.15, -0.1) is 0 Å². The van der Waals surface area contributed by atoms with E-state index in [0.717, 1.165) is 67.3 Å². The number of para-hydroxylation sites is 1. The molecule has 0 spiro atoms. The Bertz CT molecular complexity index is 4680. The molecule has 93 heavy (non-hydrogen) atoms. The second-order valence-electron chi connectivity index (χ2n) is 22.7. The van der Waals surface area contributed by atoms with Crippen molar-refractivity contribution in [2.75, 3.05) is 9.80 Å². The third kappa shape index (κ3) is 11.8. The van der Waals surface area contributed by atoms with Gasteiger partial charge in [-0.3, -0.25) is 0 Å². The van der Waals surface area contributed by atoms with Crippen LogP contribution in [0.5, 0.6) is 0 Å². The first kappa shape index (κ1) is 57.2. The van der Waals surface area contributed by atoms with E-state index in [1.165, 1.54) is 31.9 Å². The van der Waals surface area contributed by atoms with Crippen LogP contribution in [0.1, 0.15) is 0 Å². The highest BCUT2D eigenvalue weighted by Gasteiger charge is 2.41. The van der Waals surface area contributed by atoms with E-state index in [-0.39, 0.29) is 0 Å². The Labute approximate surface area is 542 Å². The lowest BCUT2D eigenvalue weighted by Gasteiger charge is -2.34. The van der Waals surface area contributed by atoms with Gasteiger partial charge in [0, 0.05) is 39.3 Å². The molecule has 0 bridgehead atoms. The molecule has 2 aromatic heterocycles. The summed E-state index contributed by atoms with van der Waals surface area (Å²) < 4.78 is 0. The van der Waals surface area contributed by atoms with Gasteiger partial charge in [0.05, 0.1) is 5.69 Å². The first-order chi connectivity index (χ1) is 46.1. The molecular weight excluding hydrogens is 1150 g/mol. The number of hydrogen-bond acceptors (Lipinski definition) is 8. The van der Waals surface area contributed by atoms with Gasteiger partial charge in [-0.1, -0.05) is 315 Å². The number of anilines is 6. The SMILES string of the molecule is c1ccc(-c2cccc(N(c3ccccc3)c3ccc(-c4ccc([Si](c5ccccc5)(c5ccccc5)c5ccc(-c6ccc(N(c7nc(-c8ccccc8)nc(-c8ccccc8)n7)c7nc(-c8ccccc8)nc(-c8ccccc8)n7)cc6)cc5)cc4)cc3)c2)cc1. The van der Waals surface area contributed by atoms with Crippen molar-refractivity contribution < 1.29 is 0 Å². The summed E-state index contributed by atoms with van der Waals surface area (Å²) in [5.74, 6) is 2.77. The summed E-state index contributed by atoms with van der Waals surface area (Å²) in [7, 11) is -2.94. The van der Waals surface area contributed by atoms with Crippen molar-refractivity contribution in [2.24, 2.45) is 0 Å². The summed E-state index contributed by atoms with van der Waals surface area (Å²) in [6.45, 7) is 0. The molecule has 15 rings (SSSR count). The summed E-state index contributed by atoms with van der Waals surface area (Å²) in [6, 6.07) is 128. The molecule has 0 saturated carbocycles. The van der Waals surface area contributed by atoms with E-state index < -0.39 is 8.07 Å². The van der Waals surface area contributed by atoms with Gasteiger partial charge < -0.3 is 4.90 Å². The maximum absolute atomic E-state index is 5.24. The number of benzene rings is 13. The van der Waals surface area contributed by atoms with E-state index >= 15 is 0 Å². The molecule has 0 aliphatic heterocycles. The Morgan fingerprint density at radius 1 is 0.172 bits per heavy atom. The fourth-order valence-corrected chi connectivity index (χ4v) is 17.1. The van der Waals surface area contributed by atoms with Crippen LogP contribution in [0.3, 0.4) is 0 Å². The third-order valence-corrected chi connectivity index (χ3v) is 21.8. The normalized spacial score (nSPS) is 11.2. The van der Waals surface area contributed by atoms with Crippen molar-refractivity contribution in [2.45, 2.75) is 0 Å². The Balaban J connectivity index is 0.800. The minimum atomic E-state index is -2.94. The smallest absolute Gasteiger partial charge is 0.241 e. The molecule has 0 saturated heterocycles. The lowest BCUT2D eigenvalue weighted by Crippen LogP contribution is -2.74. The van der Waals surface area contributed by atoms with E-state index in [9.17, 15) is 0 Å². The first-order valence-electron chi connectivity index (χ1n) is 31.2. The summed E-state index contributed by atoms with van der Waals surface area (Å²) in [6.07, 6.45) is 0. The molecule has 13 aromatic carbocycles. The Hall–Kier alpha value is -12.3. The van der Waals surface area contributed by atoms with E-state index in [1.807, 2.05) is 126 Å². The van der Waals surface area contributed by atoms with E-state index in [1.54, 1.807) is 0 Å². The van der Waals surface area contributed by atoms with Crippen LogP contribution < -0.4 is 30.5 Å². The van der Waals surface area contributed by atoms with Crippen LogP contribution in [0, 0.1) is 0 Å². The summed E-state index contributed by atoms with van der Waals surface area (Å²) in [4.78, 5) is 35.3. The average molecular weight is 1210 g/mol. The van der Waals surface area contributed by atoms with Gasteiger partial charge >= 0.3 is 0 Å². The minimum absolute atomic E-state index is 0.352. The van der Waals surface area contributed by atoms with Crippen LogP contribution in [-0.2, 0) is 0 Å². The van der Waals surface area contributed by atoms with E-state index in [0.29, 0.717) is 35.2 Å². The topological polar surface area (TPSA) is 83.8 Å². The third-order valence-electron chi connectivity index (χ3n) is 17.0. The van der Waals surface area contributed by atoms with Crippen molar-refractivity contribution in [1.82, 2.24) is 29.9 Å². The van der Waals surface area contributed by atoms with Gasteiger partial charge in [0.25, 0.3) is 0 Å². The quantitative estimate of drug-likeness (QED) is 0.0659. The average Bonchev–Trinajstić information content (AvgIpc) is 0.841. The van der Waals surface area contributed by atoms with E-state index in [2.05, 4.69) is 248 Å². The van der Waals surface area contributed by atoms with Crippen LogP contribution in [0.2, 0.25) is 0 Å². The molecule has 0 N–H and O–H groups in total. The fourth-order valence-electron chi connectivity index (χ4n) is 12.4. The van der Waals surface area contributed by atoms with Gasteiger partial charge in [-0.25, -0.2) is 14.9 Å². The predicted octanol–water partition coefficient (Wildman–Crippen LogP) is 18.0. The maximum atomic E-state index is 5.24. The van der Waals surface area contributed by atoms with Gasteiger partial charge in [0.2, 0.25) is 11.9 Å². The van der Waals surface area contributed by atoms with Crippen molar-refractivity contribution in [1.29, 1.82) is 0 Å². The molecule has 0 atom stereocenters. The van der Waals surface area contributed by atoms with Crippen molar-refractivity contribution in [3.63, 3.8) is 0 Å². The molecule has 0 amide bonds. The molecule has 2 heterocycles. The van der Waals surface area contributed by atoms with Gasteiger partial charge in [0.1, 0.15) is 0 Å². The molecule has 9 heteroatoms. The zero-order chi connectivity index (χ0) is 62.2. The molecule has 0 aliphatic carbocycles. The van der Waals surface area contributed by atoms with Crippen LogP contribution >= 0.6 is 0 Å². The molecule has 15 aromatic rings. The number of rotatable bonds is 17. The van der Waals surface area contributed by atoms with Crippen LogP contribution in [-0.4, -0.2) is 38.0 Å². The Morgan fingerprint density at radius 2 is 0.419 bits per heavy atom. The fraction of sp³-hybridized carbons (Fsp3) is 0. The standard InChI is InChI=1S/C84H60N8Si/c1-9-26-61(27-10-1)70-36-25-39-74(60-70)91(71-37-19-6-20-38-71)72-52-44-62(45-53-72)64-48-56-77(57-49-64)93(75-40-21-7-22-41-75,76-42-23-8-24-43-76)78-58-50-65(51-59-78)63-46-54-73(55-47-63)92(83-87-79(66-28-11-2-12-29-66)85-80(88-83)67-30-13-3-14-31-67)84-89-81(68-32-15-4-16-33-68)86-82(90-84)69-34-17-5-18-35-69/h1-60H.